The number of carbonyl (C=O) groups is 2. The number of nitrogens with zero attached hydrogens (tertiary/aromatic N) is 1. The van der Waals surface area contributed by atoms with E-state index in [9.17, 15) is 9.59 Å². The highest BCUT2D eigenvalue weighted by atomic mass is 16.5. The van der Waals surface area contributed by atoms with E-state index in [1.54, 1.807) is 18.2 Å². The van der Waals surface area contributed by atoms with Gasteiger partial charge in [-0.05, 0) is 56.3 Å². The van der Waals surface area contributed by atoms with Crippen molar-refractivity contribution in [2.75, 3.05) is 36.5 Å². The summed E-state index contributed by atoms with van der Waals surface area (Å²) in [4.78, 5) is 26.0. The lowest BCUT2D eigenvalue weighted by Gasteiger charge is -2.31. The monoisotopic (exact) mass is 354 g/mol. The van der Waals surface area contributed by atoms with Crippen molar-refractivity contribution in [1.29, 1.82) is 0 Å². The van der Waals surface area contributed by atoms with Crippen molar-refractivity contribution in [2.45, 2.75) is 13.8 Å². The Morgan fingerprint density at radius 3 is 2.65 bits per heavy atom. The van der Waals surface area contributed by atoms with E-state index in [0.717, 1.165) is 11.4 Å². The molecule has 0 aliphatic carbocycles. The third kappa shape index (κ3) is 4.14. The maximum atomic E-state index is 12.4. The summed E-state index contributed by atoms with van der Waals surface area (Å²) in [5.41, 5.74) is 2.08. The van der Waals surface area contributed by atoms with E-state index in [1.807, 2.05) is 36.1 Å². The van der Waals surface area contributed by atoms with Crippen LogP contribution in [0.3, 0.4) is 0 Å². The molecule has 136 valence electrons. The van der Waals surface area contributed by atoms with Crippen LogP contribution in [0.1, 0.15) is 24.2 Å². The van der Waals surface area contributed by atoms with Crippen molar-refractivity contribution in [2.24, 2.45) is 0 Å². The Balaban J connectivity index is 1.68. The van der Waals surface area contributed by atoms with E-state index in [1.165, 1.54) is 6.92 Å². The summed E-state index contributed by atoms with van der Waals surface area (Å²) in [6, 6.07) is 12.6. The fourth-order valence-corrected chi connectivity index (χ4v) is 2.83. The number of ketones is 1. The molecular formula is C20H22N2O4. The van der Waals surface area contributed by atoms with Gasteiger partial charge in [0, 0.05) is 11.3 Å². The molecule has 6 nitrogen and oxygen atoms in total. The van der Waals surface area contributed by atoms with E-state index < -0.39 is 0 Å². The minimum absolute atomic E-state index is 0.0165. The third-order valence-corrected chi connectivity index (χ3v) is 4.11. The first-order valence-electron chi connectivity index (χ1n) is 8.62. The van der Waals surface area contributed by atoms with Gasteiger partial charge in [-0.25, -0.2) is 0 Å². The molecule has 0 spiro atoms. The molecule has 0 aromatic heterocycles. The summed E-state index contributed by atoms with van der Waals surface area (Å²) in [6.07, 6.45) is 0. The van der Waals surface area contributed by atoms with Gasteiger partial charge in [0.2, 0.25) is 5.91 Å². The first-order valence-corrected chi connectivity index (χ1v) is 8.62. The smallest absolute Gasteiger partial charge is 0.243 e. The number of hydrogen-bond acceptors (Lipinski definition) is 5. The van der Waals surface area contributed by atoms with E-state index in [4.69, 9.17) is 9.47 Å². The van der Waals surface area contributed by atoms with Crippen molar-refractivity contribution in [1.82, 2.24) is 0 Å². The zero-order chi connectivity index (χ0) is 18.5. The molecule has 1 aliphatic heterocycles. The second-order valence-electron chi connectivity index (χ2n) is 6.01. The Morgan fingerprint density at radius 1 is 1.19 bits per heavy atom. The van der Waals surface area contributed by atoms with Crippen molar-refractivity contribution < 1.29 is 19.1 Å². The van der Waals surface area contributed by atoms with Crippen molar-refractivity contribution in [3.05, 3.63) is 48.0 Å². The SMILES string of the molecule is CCOc1ccc(NC(=O)CN2CCOc3ccc(C(C)=O)cc32)cc1. The molecule has 0 radical (unpaired) electrons. The van der Waals surface area contributed by atoms with Crippen LogP contribution >= 0.6 is 0 Å². The Bertz CT molecular complexity index is 802. The van der Waals surface area contributed by atoms with Gasteiger partial charge in [-0.1, -0.05) is 0 Å². The fraction of sp³-hybridized carbons (Fsp3) is 0.300. The average molecular weight is 354 g/mol. The number of Topliss-reactive ketones (excluding diaryl/α,β-unsaturated/α-hetero) is 1. The van der Waals surface area contributed by atoms with E-state index in [-0.39, 0.29) is 18.2 Å². The van der Waals surface area contributed by atoms with Crippen LogP contribution in [0.15, 0.2) is 42.5 Å². The molecule has 26 heavy (non-hydrogen) atoms. The van der Waals surface area contributed by atoms with Crippen LogP contribution in [0.4, 0.5) is 11.4 Å². The quantitative estimate of drug-likeness (QED) is 0.807. The molecule has 0 atom stereocenters. The predicted molar refractivity (Wildman–Crippen MR) is 100 cm³/mol. The number of anilines is 2. The summed E-state index contributed by atoms with van der Waals surface area (Å²) in [6.45, 7) is 5.32. The highest BCUT2D eigenvalue weighted by molar-refractivity contribution is 5.97. The Morgan fingerprint density at radius 2 is 1.96 bits per heavy atom. The topological polar surface area (TPSA) is 67.9 Å². The van der Waals surface area contributed by atoms with Gasteiger partial charge in [-0.2, -0.15) is 0 Å². The van der Waals surface area contributed by atoms with Crippen LogP contribution in [0.25, 0.3) is 0 Å². The number of fused-ring (bicyclic) bond motifs is 1. The van der Waals surface area contributed by atoms with E-state index in [2.05, 4.69) is 5.32 Å². The van der Waals surface area contributed by atoms with Gasteiger partial charge in [0.25, 0.3) is 0 Å². The predicted octanol–water partition coefficient (Wildman–Crippen LogP) is 3.13. The van der Waals surface area contributed by atoms with Crippen molar-refractivity contribution >= 4 is 23.1 Å². The standard InChI is InChI=1S/C20H22N2O4/c1-3-25-17-7-5-16(6-8-17)21-20(24)13-22-10-11-26-19-9-4-15(14(2)23)12-18(19)22/h4-9,12H,3,10-11,13H2,1-2H3,(H,21,24). The largest absolute Gasteiger partial charge is 0.494 e. The molecule has 0 saturated carbocycles. The van der Waals surface area contributed by atoms with Gasteiger partial charge in [-0.3, -0.25) is 9.59 Å². The van der Waals surface area contributed by atoms with E-state index in [0.29, 0.717) is 36.8 Å². The van der Waals surface area contributed by atoms with Gasteiger partial charge in [0.05, 0.1) is 25.4 Å². The second-order valence-corrected chi connectivity index (χ2v) is 6.01. The summed E-state index contributed by atoms with van der Waals surface area (Å²) in [5, 5.41) is 2.88. The van der Waals surface area contributed by atoms with Gasteiger partial charge in [0.15, 0.2) is 5.78 Å². The number of benzene rings is 2. The molecule has 0 bridgehead atoms. The normalized spacial score (nSPS) is 12.8. The Labute approximate surface area is 152 Å². The van der Waals surface area contributed by atoms with Crippen LogP contribution in [-0.2, 0) is 4.79 Å². The summed E-state index contributed by atoms with van der Waals surface area (Å²) >= 11 is 0. The molecule has 0 fully saturated rings. The van der Waals surface area contributed by atoms with Gasteiger partial charge in [0.1, 0.15) is 18.1 Å². The lowest BCUT2D eigenvalue weighted by molar-refractivity contribution is -0.115. The van der Waals surface area contributed by atoms with Crippen LogP contribution in [-0.4, -0.2) is 38.0 Å². The number of ether oxygens (including phenoxy) is 2. The minimum Gasteiger partial charge on any atom is -0.494 e. The third-order valence-electron chi connectivity index (χ3n) is 4.11. The van der Waals surface area contributed by atoms with Crippen LogP contribution in [0, 0.1) is 0 Å². The highest BCUT2D eigenvalue weighted by Gasteiger charge is 2.21. The van der Waals surface area contributed by atoms with Crippen LogP contribution < -0.4 is 19.7 Å². The molecule has 2 aromatic carbocycles. The van der Waals surface area contributed by atoms with E-state index >= 15 is 0 Å². The summed E-state index contributed by atoms with van der Waals surface area (Å²) in [5.74, 6) is 1.31. The molecule has 1 heterocycles. The molecule has 3 rings (SSSR count). The minimum atomic E-state index is -0.129. The maximum Gasteiger partial charge on any atom is 0.243 e. The zero-order valence-corrected chi connectivity index (χ0v) is 15.0. The van der Waals surface area contributed by atoms with Crippen molar-refractivity contribution in [3.63, 3.8) is 0 Å². The number of carbonyl (C=O) groups excluding carboxylic acids is 2. The molecule has 1 amide bonds. The molecule has 1 aliphatic rings. The zero-order valence-electron chi connectivity index (χ0n) is 15.0. The maximum absolute atomic E-state index is 12.4. The number of amides is 1. The van der Waals surface area contributed by atoms with Gasteiger partial charge in [-0.15, -0.1) is 0 Å². The summed E-state index contributed by atoms with van der Waals surface area (Å²) < 4.78 is 11.0. The molecule has 2 aromatic rings. The Kier molecular flexibility index (Phi) is 5.41. The van der Waals surface area contributed by atoms with Crippen molar-refractivity contribution in [3.8, 4) is 11.5 Å². The molecule has 0 saturated heterocycles. The molecule has 0 unspecified atom stereocenters. The second kappa shape index (κ2) is 7.91. The lowest BCUT2D eigenvalue weighted by atomic mass is 10.1. The molecular weight excluding hydrogens is 332 g/mol. The number of nitrogens with one attached hydrogen (secondary N) is 1. The fourth-order valence-electron chi connectivity index (χ4n) is 2.83. The van der Waals surface area contributed by atoms with Crippen LogP contribution in [0.2, 0.25) is 0 Å². The molecule has 1 N–H and O–H groups in total. The highest BCUT2D eigenvalue weighted by Crippen LogP contribution is 2.32. The number of hydrogen-bond donors (Lipinski definition) is 1. The summed E-state index contributed by atoms with van der Waals surface area (Å²) in [7, 11) is 0. The number of rotatable bonds is 6. The average Bonchev–Trinajstić information content (AvgIpc) is 2.63. The van der Waals surface area contributed by atoms with Gasteiger partial charge < -0.3 is 19.7 Å². The van der Waals surface area contributed by atoms with Crippen LogP contribution in [0.5, 0.6) is 11.5 Å². The molecule has 6 heteroatoms. The first kappa shape index (κ1) is 17.8. The first-order chi connectivity index (χ1) is 12.6. The Hall–Kier alpha value is -3.02. The van der Waals surface area contributed by atoms with Gasteiger partial charge >= 0.3 is 0 Å². The lowest BCUT2D eigenvalue weighted by Crippen LogP contribution is -2.38.